The molecule has 0 amide bonds. The molecule has 0 aromatic heterocycles. The van der Waals surface area contributed by atoms with Crippen LogP contribution < -0.4 is 9.47 Å². The maximum absolute atomic E-state index is 5.95. The van der Waals surface area contributed by atoms with Crippen molar-refractivity contribution in [3.63, 3.8) is 0 Å². The van der Waals surface area contributed by atoms with Crippen molar-refractivity contribution in [2.75, 3.05) is 26.4 Å². The molecule has 0 spiro atoms. The minimum absolute atomic E-state index is 0.0336. The van der Waals surface area contributed by atoms with Gasteiger partial charge in [-0.05, 0) is 42.5 Å². The van der Waals surface area contributed by atoms with E-state index in [1.165, 1.54) is 0 Å². The second-order valence-corrected chi connectivity index (χ2v) is 5.87. The summed E-state index contributed by atoms with van der Waals surface area (Å²) in [6.45, 7) is 2.80. The minimum atomic E-state index is 0.0336. The molecule has 2 aliphatic heterocycles. The molecule has 5 heteroatoms. The summed E-state index contributed by atoms with van der Waals surface area (Å²) in [7, 11) is 0. The summed E-state index contributed by atoms with van der Waals surface area (Å²) in [6, 6.07) is 7.73. The van der Waals surface area contributed by atoms with Gasteiger partial charge < -0.3 is 23.7 Å². The van der Waals surface area contributed by atoms with E-state index in [4.69, 9.17) is 23.7 Å². The molecule has 23 heavy (non-hydrogen) atoms. The van der Waals surface area contributed by atoms with Gasteiger partial charge in [-0.3, -0.25) is 0 Å². The van der Waals surface area contributed by atoms with E-state index in [9.17, 15) is 0 Å². The van der Waals surface area contributed by atoms with Crippen LogP contribution in [0.2, 0.25) is 0 Å². The molecule has 5 nitrogen and oxygen atoms in total. The standard InChI is InChI=1S/C18H20O5/c1-3-14(4-2-13(1)20-11-17-12-21-17)22-15-5-7-16(8-6-15)23-18-9-19-10-18/h1-3,5-8,14,17-18H,4,9-12H2. The fraction of sp³-hybridized carbons (Fsp3) is 0.444. The van der Waals surface area contributed by atoms with E-state index in [-0.39, 0.29) is 18.3 Å². The zero-order chi connectivity index (χ0) is 15.5. The first-order valence-corrected chi connectivity index (χ1v) is 7.99. The van der Waals surface area contributed by atoms with Crippen LogP contribution in [0.5, 0.6) is 11.5 Å². The van der Waals surface area contributed by atoms with Crippen LogP contribution in [0.1, 0.15) is 6.42 Å². The second-order valence-electron chi connectivity index (χ2n) is 5.87. The highest BCUT2D eigenvalue weighted by atomic mass is 16.6. The highest BCUT2D eigenvalue weighted by Crippen LogP contribution is 2.23. The van der Waals surface area contributed by atoms with Crippen LogP contribution in [0.4, 0.5) is 0 Å². The van der Waals surface area contributed by atoms with Gasteiger partial charge in [-0.1, -0.05) is 0 Å². The Kier molecular flexibility index (Phi) is 4.22. The highest BCUT2D eigenvalue weighted by molar-refractivity contribution is 5.32. The van der Waals surface area contributed by atoms with Crippen molar-refractivity contribution in [1.29, 1.82) is 0 Å². The number of ether oxygens (including phenoxy) is 5. The summed E-state index contributed by atoms with van der Waals surface area (Å²) in [5.74, 6) is 2.58. The van der Waals surface area contributed by atoms with Crippen LogP contribution in [0.3, 0.4) is 0 Å². The monoisotopic (exact) mass is 316 g/mol. The van der Waals surface area contributed by atoms with Gasteiger partial charge in [0.2, 0.25) is 0 Å². The van der Waals surface area contributed by atoms with Gasteiger partial charge >= 0.3 is 0 Å². The van der Waals surface area contributed by atoms with E-state index in [0.29, 0.717) is 19.8 Å². The van der Waals surface area contributed by atoms with E-state index in [0.717, 1.165) is 30.3 Å². The predicted octanol–water partition coefficient (Wildman–Crippen LogP) is 2.47. The Morgan fingerprint density at radius 3 is 2.30 bits per heavy atom. The summed E-state index contributed by atoms with van der Waals surface area (Å²) in [6.07, 6.45) is 7.35. The van der Waals surface area contributed by atoms with Crippen molar-refractivity contribution in [1.82, 2.24) is 0 Å². The second kappa shape index (κ2) is 6.64. The normalized spacial score (nSPS) is 26.2. The first-order chi connectivity index (χ1) is 11.3. The van der Waals surface area contributed by atoms with Gasteiger partial charge in [0.05, 0.1) is 19.8 Å². The molecule has 2 unspecified atom stereocenters. The van der Waals surface area contributed by atoms with E-state index in [2.05, 4.69) is 6.08 Å². The molecule has 0 bridgehead atoms. The Bertz CT molecular complexity index is 584. The van der Waals surface area contributed by atoms with Gasteiger partial charge in [0.25, 0.3) is 0 Å². The average molecular weight is 316 g/mol. The SMILES string of the molecule is C1=CC(Oc2ccc(OC3COC3)cc2)CC=C1OCC1CO1. The fourth-order valence-corrected chi connectivity index (χ4v) is 2.38. The quantitative estimate of drug-likeness (QED) is 0.723. The Morgan fingerprint density at radius 2 is 1.74 bits per heavy atom. The third kappa shape index (κ3) is 4.06. The number of benzene rings is 1. The molecule has 0 N–H and O–H groups in total. The van der Waals surface area contributed by atoms with E-state index in [1.54, 1.807) is 0 Å². The zero-order valence-corrected chi connectivity index (χ0v) is 12.9. The van der Waals surface area contributed by atoms with Crippen LogP contribution in [-0.2, 0) is 14.2 Å². The zero-order valence-electron chi connectivity index (χ0n) is 12.9. The number of allylic oxidation sites excluding steroid dienone is 1. The Hall–Kier alpha value is -1.98. The maximum Gasteiger partial charge on any atom is 0.145 e. The van der Waals surface area contributed by atoms with Gasteiger partial charge in [0, 0.05) is 6.42 Å². The lowest BCUT2D eigenvalue weighted by Crippen LogP contribution is -2.38. The van der Waals surface area contributed by atoms with Gasteiger partial charge in [-0.25, -0.2) is 0 Å². The molecule has 3 aliphatic rings. The largest absolute Gasteiger partial charge is 0.491 e. The number of hydrogen-bond donors (Lipinski definition) is 0. The van der Waals surface area contributed by atoms with Crippen LogP contribution in [0, 0.1) is 0 Å². The molecule has 2 fully saturated rings. The van der Waals surface area contributed by atoms with Crippen molar-refractivity contribution in [2.45, 2.75) is 24.7 Å². The van der Waals surface area contributed by atoms with Crippen molar-refractivity contribution in [3.8, 4) is 11.5 Å². The third-order valence-electron chi connectivity index (χ3n) is 3.89. The molecular weight excluding hydrogens is 296 g/mol. The lowest BCUT2D eigenvalue weighted by Gasteiger charge is -2.26. The Balaban J connectivity index is 1.24. The molecule has 1 aliphatic carbocycles. The van der Waals surface area contributed by atoms with Crippen molar-refractivity contribution in [2.24, 2.45) is 0 Å². The minimum Gasteiger partial charge on any atom is -0.491 e. The molecular formula is C18H20O5. The first kappa shape index (κ1) is 14.6. The van der Waals surface area contributed by atoms with Crippen LogP contribution in [-0.4, -0.2) is 44.7 Å². The Morgan fingerprint density at radius 1 is 1.00 bits per heavy atom. The summed E-state index contributed by atoms with van der Waals surface area (Å²) >= 11 is 0. The van der Waals surface area contributed by atoms with E-state index < -0.39 is 0 Å². The number of epoxide rings is 1. The van der Waals surface area contributed by atoms with Crippen molar-refractivity contribution < 1.29 is 23.7 Å². The highest BCUT2D eigenvalue weighted by Gasteiger charge is 2.23. The summed E-state index contributed by atoms with van der Waals surface area (Å²) in [5, 5.41) is 0. The van der Waals surface area contributed by atoms with Crippen LogP contribution >= 0.6 is 0 Å². The molecule has 2 atom stereocenters. The number of rotatable bonds is 7. The molecule has 2 saturated heterocycles. The summed E-state index contributed by atoms with van der Waals surface area (Å²) in [4.78, 5) is 0. The molecule has 0 saturated carbocycles. The predicted molar refractivity (Wildman–Crippen MR) is 83.6 cm³/mol. The van der Waals surface area contributed by atoms with E-state index >= 15 is 0 Å². The maximum atomic E-state index is 5.95. The van der Waals surface area contributed by atoms with Crippen molar-refractivity contribution in [3.05, 3.63) is 48.3 Å². The Labute approximate surface area is 135 Å². The summed E-state index contributed by atoms with van der Waals surface area (Å²) in [5.41, 5.74) is 0. The topological polar surface area (TPSA) is 49.5 Å². The van der Waals surface area contributed by atoms with Gasteiger partial charge in [-0.15, -0.1) is 0 Å². The van der Waals surface area contributed by atoms with Gasteiger partial charge in [-0.2, -0.15) is 0 Å². The number of hydrogen-bond acceptors (Lipinski definition) is 5. The average Bonchev–Trinajstić information content (AvgIpc) is 3.36. The molecule has 1 aromatic carbocycles. The molecule has 122 valence electrons. The molecule has 4 rings (SSSR count). The smallest absolute Gasteiger partial charge is 0.145 e. The molecule has 1 aromatic rings. The van der Waals surface area contributed by atoms with Gasteiger partial charge in [0.15, 0.2) is 0 Å². The molecule has 2 heterocycles. The van der Waals surface area contributed by atoms with Gasteiger partial charge in [0.1, 0.15) is 42.2 Å². The van der Waals surface area contributed by atoms with Crippen molar-refractivity contribution >= 4 is 0 Å². The van der Waals surface area contributed by atoms with E-state index in [1.807, 2.05) is 36.4 Å². The van der Waals surface area contributed by atoms with Crippen LogP contribution in [0.15, 0.2) is 48.3 Å². The summed E-state index contributed by atoms with van der Waals surface area (Å²) < 4.78 is 27.5. The van der Waals surface area contributed by atoms with Crippen LogP contribution in [0.25, 0.3) is 0 Å². The first-order valence-electron chi connectivity index (χ1n) is 7.99. The lowest BCUT2D eigenvalue weighted by molar-refractivity contribution is -0.0796. The fourth-order valence-electron chi connectivity index (χ4n) is 2.38. The third-order valence-corrected chi connectivity index (χ3v) is 3.89. The lowest BCUT2D eigenvalue weighted by atomic mass is 10.1. The molecule has 0 radical (unpaired) electrons.